The zero-order chi connectivity index (χ0) is 25.1. The minimum Gasteiger partial charge on any atom is -0.289 e. The third kappa shape index (κ3) is 2.25. The molecule has 0 saturated heterocycles. The van der Waals surface area contributed by atoms with E-state index >= 15 is 0 Å². The molecule has 0 amide bonds. The highest BCUT2D eigenvalue weighted by atomic mass is 16.1. The lowest BCUT2D eigenvalue weighted by Gasteiger charge is -2.29. The van der Waals surface area contributed by atoms with Gasteiger partial charge in [0.1, 0.15) is 0 Å². The molecule has 7 aromatic carbocycles. The topological polar surface area (TPSA) is 34.1 Å². The molecule has 0 fully saturated rings. The maximum Gasteiger partial charge on any atom is 0.194 e. The Labute approximate surface area is 217 Å². The minimum atomic E-state index is 0.0159. The zero-order valence-corrected chi connectivity index (χ0v) is 20.2. The van der Waals surface area contributed by atoms with Gasteiger partial charge in [-0.25, -0.2) is 0 Å². The number of benzene rings is 7. The van der Waals surface area contributed by atoms with Crippen molar-refractivity contribution in [3.05, 3.63) is 131 Å². The van der Waals surface area contributed by atoms with Gasteiger partial charge in [0, 0.05) is 44.2 Å². The van der Waals surface area contributed by atoms with E-state index in [1.54, 1.807) is 0 Å². The molecule has 2 nitrogen and oxygen atoms in total. The SMILES string of the molecule is O=C1c2ccc3ccccc3c2-c2c3ccccc3c3c4c(ccc1c24)C(=O)c1ccc2ccccc2c1-3. The summed E-state index contributed by atoms with van der Waals surface area (Å²) < 4.78 is 0. The van der Waals surface area contributed by atoms with Crippen LogP contribution in [-0.4, -0.2) is 11.6 Å². The Hall–Kier alpha value is -5.08. The normalized spacial score (nSPS) is 13.4. The molecular weight excluding hydrogens is 464 g/mol. The first-order chi connectivity index (χ1) is 18.7. The number of hydrogen-bond donors (Lipinski definition) is 0. The second-order valence-corrected chi connectivity index (χ2v) is 10.3. The van der Waals surface area contributed by atoms with Crippen LogP contribution >= 0.6 is 0 Å². The summed E-state index contributed by atoms with van der Waals surface area (Å²) in [5.74, 6) is 0.0319. The van der Waals surface area contributed by atoms with Crippen LogP contribution in [0.2, 0.25) is 0 Å². The number of ketones is 2. The van der Waals surface area contributed by atoms with E-state index in [0.717, 1.165) is 76.5 Å². The van der Waals surface area contributed by atoms with Gasteiger partial charge in [-0.1, -0.05) is 84.9 Å². The monoisotopic (exact) mass is 482 g/mol. The highest BCUT2D eigenvalue weighted by molar-refractivity contribution is 6.41. The van der Waals surface area contributed by atoms with Gasteiger partial charge < -0.3 is 0 Å². The number of fused-ring (bicyclic) bond motifs is 11. The van der Waals surface area contributed by atoms with Gasteiger partial charge in [-0.15, -0.1) is 0 Å². The molecule has 38 heavy (non-hydrogen) atoms. The molecule has 0 N–H and O–H groups in total. The van der Waals surface area contributed by atoms with Gasteiger partial charge in [0.2, 0.25) is 0 Å². The average molecular weight is 483 g/mol. The van der Waals surface area contributed by atoms with Crippen molar-refractivity contribution in [2.75, 3.05) is 0 Å². The molecular formula is C36H18O2. The van der Waals surface area contributed by atoms with Crippen LogP contribution in [0.3, 0.4) is 0 Å². The fraction of sp³-hybridized carbons (Fsp3) is 0. The maximum absolute atomic E-state index is 14.1. The van der Waals surface area contributed by atoms with Crippen LogP contribution in [0.1, 0.15) is 31.8 Å². The van der Waals surface area contributed by atoms with E-state index in [-0.39, 0.29) is 11.6 Å². The second kappa shape index (κ2) is 6.81. The first-order valence-corrected chi connectivity index (χ1v) is 12.9. The Morgan fingerprint density at radius 1 is 0.316 bits per heavy atom. The molecule has 174 valence electrons. The van der Waals surface area contributed by atoms with Crippen molar-refractivity contribution in [3.63, 3.8) is 0 Å². The summed E-state index contributed by atoms with van der Waals surface area (Å²) in [5.41, 5.74) is 6.83. The summed E-state index contributed by atoms with van der Waals surface area (Å²) in [6, 6.07) is 36.7. The van der Waals surface area contributed by atoms with E-state index < -0.39 is 0 Å². The van der Waals surface area contributed by atoms with Crippen LogP contribution in [0.15, 0.2) is 109 Å². The first kappa shape index (κ1) is 20.0. The highest BCUT2D eigenvalue weighted by Crippen LogP contribution is 2.54. The van der Waals surface area contributed by atoms with E-state index in [1.807, 2.05) is 60.7 Å². The van der Waals surface area contributed by atoms with Crippen molar-refractivity contribution in [1.82, 2.24) is 0 Å². The van der Waals surface area contributed by atoms with Crippen molar-refractivity contribution >= 4 is 54.7 Å². The van der Waals surface area contributed by atoms with Gasteiger partial charge in [0.25, 0.3) is 0 Å². The molecule has 0 unspecified atom stereocenters. The molecule has 7 aromatic rings. The summed E-state index contributed by atoms with van der Waals surface area (Å²) in [5, 5.41) is 8.32. The predicted octanol–water partition coefficient (Wildman–Crippen LogP) is 8.72. The van der Waals surface area contributed by atoms with Crippen molar-refractivity contribution < 1.29 is 9.59 Å². The Bertz CT molecular complexity index is 2110. The summed E-state index contributed by atoms with van der Waals surface area (Å²) in [4.78, 5) is 28.1. The largest absolute Gasteiger partial charge is 0.289 e. The van der Waals surface area contributed by atoms with Crippen molar-refractivity contribution in [2.24, 2.45) is 0 Å². The Balaban J connectivity index is 1.62. The van der Waals surface area contributed by atoms with Crippen LogP contribution in [0.4, 0.5) is 0 Å². The lowest BCUT2D eigenvalue weighted by Crippen LogP contribution is -2.16. The summed E-state index contributed by atoms with van der Waals surface area (Å²) >= 11 is 0. The number of carbonyl (C=O) groups excluding carboxylic acids is 2. The molecule has 0 aromatic heterocycles. The van der Waals surface area contributed by atoms with E-state index in [9.17, 15) is 9.59 Å². The maximum atomic E-state index is 14.1. The van der Waals surface area contributed by atoms with Gasteiger partial charge in [0.05, 0.1) is 0 Å². The van der Waals surface area contributed by atoms with E-state index in [2.05, 4.69) is 48.5 Å². The lowest BCUT2D eigenvalue weighted by atomic mass is 9.72. The van der Waals surface area contributed by atoms with E-state index in [4.69, 9.17) is 0 Å². The van der Waals surface area contributed by atoms with Crippen LogP contribution in [0, 0.1) is 0 Å². The summed E-state index contributed by atoms with van der Waals surface area (Å²) in [6.45, 7) is 0. The lowest BCUT2D eigenvalue weighted by molar-refractivity contribution is 0.102. The van der Waals surface area contributed by atoms with Gasteiger partial charge in [-0.2, -0.15) is 0 Å². The van der Waals surface area contributed by atoms with Crippen LogP contribution < -0.4 is 0 Å². The molecule has 0 saturated carbocycles. The molecule has 0 atom stereocenters. The van der Waals surface area contributed by atoms with Gasteiger partial charge >= 0.3 is 0 Å². The first-order valence-electron chi connectivity index (χ1n) is 12.9. The Morgan fingerprint density at radius 3 is 1.13 bits per heavy atom. The Kier molecular flexibility index (Phi) is 3.59. The zero-order valence-electron chi connectivity index (χ0n) is 20.2. The van der Waals surface area contributed by atoms with Crippen LogP contribution in [0.5, 0.6) is 0 Å². The van der Waals surface area contributed by atoms with E-state index in [0.29, 0.717) is 11.1 Å². The number of hydrogen-bond acceptors (Lipinski definition) is 2. The third-order valence-corrected chi connectivity index (χ3v) is 8.51. The number of carbonyl (C=O) groups is 2. The molecule has 2 aliphatic carbocycles. The molecule has 0 radical (unpaired) electrons. The highest BCUT2D eigenvalue weighted by Gasteiger charge is 2.35. The van der Waals surface area contributed by atoms with Gasteiger partial charge in [-0.05, 0) is 67.7 Å². The van der Waals surface area contributed by atoms with Crippen molar-refractivity contribution in [2.45, 2.75) is 0 Å². The van der Waals surface area contributed by atoms with Gasteiger partial charge in [0.15, 0.2) is 11.6 Å². The average Bonchev–Trinajstić information content (AvgIpc) is 2.97. The summed E-state index contributed by atoms with van der Waals surface area (Å²) in [7, 11) is 0. The molecule has 0 spiro atoms. The smallest absolute Gasteiger partial charge is 0.194 e. The van der Waals surface area contributed by atoms with Crippen LogP contribution in [0.25, 0.3) is 65.3 Å². The number of rotatable bonds is 0. The van der Waals surface area contributed by atoms with Crippen molar-refractivity contribution in [3.8, 4) is 22.3 Å². The van der Waals surface area contributed by atoms with E-state index in [1.165, 1.54) is 0 Å². The van der Waals surface area contributed by atoms with Gasteiger partial charge in [-0.3, -0.25) is 9.59 Å². The molecule has 0 heterocycles. The standard InChI is InChI=1S/C36H18O2/c37-35-25-15-13-19-7-1-3-9-21(19)29(25)31-23-11-5-6-12-24(23)32-30-22-10-4-2-8-20(22)14-16-26(30)36(38)28-18-17-27(35)33(31)34(28)32/h1-18H. The molecule has 0 bridgehead atoms. The fourth-order valence-electron chi connectivity index (χ4n) is 6.96. The fourth-order valence-corrected chi connectivity index (χ4v) is 6.96. The van der Waals surface area contributed by atoms with Crippen molar-refractivity contribution in [1.29, 1.82) is 0 Å². The predicted molar refractivity (Wildman–Crippen MR) is 154 cm³/mol. The minimum absolute atomic E-state index is 0.0159. The molecule has 9 rings (SSSR count). The molecule has 2 heteroatoms. The molecule has 2 aliphatic rings. The summed E-state index contributed by atoms with van der Waals surface area (Å²) in [6.07, 6.45) is 0. The van der Waals surface area contributed by atoms with Crippen LogP contribution in [-0.2, 0) is 0 Å². The Morgan fingerprint density at radius 2 is 0.684 bits per heavy atom. The third-order valence-electron chi connectivity index (χ3n) is 8.51. The quantitative estimate of drug-likeness (QED) is 0.203. The second-order valence-electron chi connectivity index (χ2n) is 10.3. The molecule has 0 aliphatic heterocycles.